The number of anilines is 1. The van der Waals surface area contributed by atoms with Crippen LogP contribution in [0.3, 0.4) is 0 Å². The molecule has 2 amide bonds. The molecule has 1 unspecified atom stereocenters. The lowest BCUT2D eigenvalue weighted by atomic mass is 10.0. The summed E-state index contributed by atoms with van der Waals surface area (Å²) in [5.74, 6) is 0.722. The van der Waals surface area contributed by atoms with Crippen molar-refractivity contribution < 1.29 is 14.3 Å². The molecule has 1 saturated heterocycles. The van der Waals surface area contributed by atoms with Crippen molar-refractivity contribution in [1.82, 2.24) is 5.32 Å². The third kappa shape index (κ3) is 4.40. The molecule has 2 fully saturated rings. The zero-order chi connectivity index (χ0) is 17.8. The fraction of sp³-hybridized carbons (Fsp3) is 0.600. The maximum absolute atomic E-state index is 12.2. The molecule has 5 heteroatoms. The Morgan fingerprint density at radius 1 is 1.24 bits per heavy atom. The topological polar surface area (TPSA) is 58.6 Å². The zero-order valence-electron chi connectivity index (χ0n) is 15.2. The van der Waals surface area contributed by atoms with Crippen LogP contribution in [0.2, 0.25) is 0 Å². The number of amides is 2. The first kappa shape index (κ1) is 17.9. The molecule has 1 aliphatic carbocycles. The second kappa shape index (κ2) is 8.00. The first-order valence-corrected chi connectivity index (χ1v) is 9.34. The summed E-state index contributed by atoms with van der Waals surface area (Å²) in [4.78, 5) is 26.1. The highest BCUT2D eigenvalue weighted by atomic mass is 16.5. The van der Waals surface area contributed by atoms with Gasteiger partial charge in [0.1, 0.15) is 6.61 Å². The van der Waals surface area contributed by atoms with E-state index in [1.807, 2.05) is 12.1 Å². The van der Waals surface area contributed by atoms with Gasteiger partial charge in [-0.05, 0) is 36.5 Å². The molecule has 1 saturated carbocycles. The number of rotatable bonds is 5. The van der Waals surface area contributed by atoms with E-state index in [1.165, 1.54) is 5.56 Å². The third-order valence-corrected chi connectivity index (χ3v) is 5.23. The zero-order valence-corrected chi connectivity index (χ0v) is 15.2. The van der Waals surface area contributed by atoms with Crippen molar-refractivity contribution in [3.63, 3.8) is 0 Å². The van der Waals surface area contributed by atoms with Crippen LogP contribution in [0.15, 0.2) is 24.3 Å². The first-order valence-electron chi connectivity index (χ1n) is 9.34. The number of hydrogen-bond acceptors (Lipinski definition) is 3. The molecule has 1 heterocycles. The Labute approximate surface area is 149 Å². The van der Waals surface area contributed by atoms with Crippen LogP contribution in [-0.2, 0) is 14.3 Å². The monoisotopic (exact) mass is 344 g/mol. The van der Waals surface area contributed by atoms with Crippen molar-refractivity contribution in [1.29, 1.82) is 0 Å². The summed E-state index contributed by atoms with van der Waals surface area (Å²) in [6, 6.07) is 8.12. The molecule has 0 bridgehead atoms. The van der Waals surface area contributed by atoms with E-state index in [0.717, 1.165) is 31.4 Å². The maximum Gasteiger partial charge on any atom is 0.253 e. The standard InChI is InChI=1S/C20H28N2O3/c1-14(2)15-7-9-17(10-8-15)22-12-18(25-13-19(22)23)11-21-20(24)16-5-3-4-6-16/h7-10,14,16,18H,3-6,11-13H2,1-2H3,(H,21,24). The first-order chi connectivity index (χ1) is 12.0. The minimum atomic E-state index is -0.159. The second-order valence-corrected chi connectivity index (χ2v) is 7.41. The summed E-state index contributed by atoms with van der Waals surface area (Å²) in [5.41, 5.74) is 2.15. The highest BCUT2D eigenvalue weighted by Crippen LogP contribution is 2.25. The van der Waals surface area contributed by atoms with Gasteiger partial charge >= 0.3 is 0 Å². The predicted octanol–water partition coefficient (Wildman–Crippen LogP) is 2.85. The Balaban J connectivity index is 1.57. The van der Waals surface area contributed by atoms with Crippen LogP contribution in [0, 0.1) is 5.92 Å². The number of ether oxygens (including phenoxy) is 1. The number of nitrogens with zero attached hydrogens (tertiary/aromatic N) is 1. The number of carbonyl (C=O) groups is 2. The molecule has 0 spiro atoms. The van der Waals surface area contributed by atoms with Crippen LogP contribution in [0.1, 0.15) is 51.0 Å². The quantitative estimate of drug-likeness (QED) is 0.893. The maximum atomic E-state index is 12.2. The van der Waals surface area contributed by atoms with Crippen LogP contribution in [0.5, 0.6) is 0 Å². The van der Waals surface area contributed by atoms with E-state index in [9.17, 15) is 9.59 Å². The normalized spacial score (nSPS) is 21.8. The van der Waals surface area contributed by atoms with Gasteiger partial charge in [-0.15, -0.1) is 0 Å². The molecule has 2 aliphatic rings. The highest BCUT2D eigenvalue weighted by Gasteiger charge is 2.29. The molecular formula is C20H28N2O3. The molecule has 136 valence electrons. The van der Waals surface area contributed by atoms with Gasteiger partial charge in [-0.1, -0.05) is 38.8 Å². The largest absolute Gasteiger partial charge is 0.365 e. The summed E-state index contributed by atoms with van der Waals surface area (Å²) in [5, 5.41) is 3.00. The van der Waals surface area contributed by atoms with E-state index < -0.39 is 0 Å². The van der Waals surface area contributed by atoms with E-state index in [4.69, 9.17) is 4.74 Å². The molecule has 3 rings (SSSR count). The minimum Gasteiger partial charge on any atom is -0.365 e. The molecule has 1 N–H and O–H groups in total. The molecule has 1 aromatic rings. The number of morpholine rings is 1. The molecule has 1 aromatic carbocycles. The van der Waals surface area contributed by atoms with Gasteiger partial charge in [0.15, 0.2) is 0 Å². The smallest absolute Gasteiger partial charge is 0.253 e. The second-order valence-electron chi connectivity index (χ2n) is 7.41. The Kier molecular flexibility index (Phi) is 5.74. The van der Waals surface area contributed by atoms with Crippen LogP contribution in [0.4, 0.5) is 5.69 Å². The number of nitrogens with one attached hydrogen (secondary N) is 1. The van der Waals surface area contributed by atoms with E-state index in [2.05, 4.69) is 31.3 Å². The molecule has 25 heavy (non-hydrogen) atoms. The van der Waals surface area contributed by atoms with Gasteiger partial charge in [0.2, 0.25) is 5.91 Å². The summed E-state index contributed by atoms with van der Waals surface area (Å²) in [6.45, 7) is 5.31. The van der Waals surface area contributed by atoms with Crippen molar-refractivity contribution in [3.05, 3.63) is 29.8 Å². The summed E-state index contributed by atoms with van der Waals surface area (Å²) >= 11 is 0. The average Bonchev–Trinajstić information content (AvgIpc) is 3.15. The van der Waals surface area contributed by atoms with E-state index in [0.29, 0.717) is 19.0 Å². The van der Waals surface area contributed by atoms with Gasteiger partial charge in [0, 0.05) is 18.2 Å². The fourth-order valence-corrected chi connectivity index (χ4v) is 3.58. The van der Waals surface area contributed by atoms with Crippen molar-refractivity contribution in [2.75, 3.05) is 24.6 Å². The minimum absolute atomic E-state index is 0.0318. The van der Waals surface area contributed by atoms with Crippen LogP contribution in [0.25, 0.3) is 0 Å². The van der Waals surface area contributed by atoms with Crippen molar-refractivity contribution in [2.45, 2.75) is 51.6 Å². The van der Waals surface area contributed by atoms with Gasteiger partial charge in [-0.2, -0.15) is 0 Å². The van der Waals surface area contributed by atoms with Gasteiger partial charge in [-0.3, -0.25) is 9.59 Å². The molecule has 5 nitrogen and oxygen atoms in total. The lowest BCUT2D eigenvalue weighted by molar-refractivity contribution is -0.130. The van der Waals surface area contributed by atoms with Crippen molar-refractivity contribution in [3.8, 4) is 0 Å². The Hall–Kier alpha value is -1.88. The fourth-order valence-electron chi connectivity index (χ4n) is 3.58. The van der Waals surface area contributed by atoms with E-state index in [-0.39, 0.29) is 30.4 Å². The average molecular weight is 344 g/mol. The molecule has 1 atom stereocenters. The highest BCUT2D eigenvalue weighted by molar-refractivity contribution is 5.95. The third-order valence-electron chi connectivity index (χ3n) is 5.23. The summed E-state index contributed by atoms with van der Waals surface area (Å²) in [7, 11) is 0. The lowest BCUT2D eigenvalue weighted by Crippen LogP contribution is -2.51. The van der Waals surface area contributed by atoms with Crippen molar-refractivity contribution >= 4 is 17.5 Å². The lowest BCUT2D eigenvalue weighted by Gasteiger charge is -2.33. The Morgan fingerprint density at radius 3 is 2.56 bits per heavy atom. The summed E-state index contributed by atoms with van der Waals surface area (Å²) in [6.07, 6.45) is 4.11. The van der Waals surface area contributed by atoms with Gasteiger partial charge in [0.25, 0.3) is 5.91 Å². The van der Waals surface area contributed by atoms with E-state index in [1.54, 1.807) is 4.90 Å². The SMILES string of the molecule is CC(C)c1ccc(N2CC(CNC(=O)C3CCCC3)OCC2=O)cc1. The van der Waals surface area contributed by atoms with Gasteiger partial charge in [0.05, 0.1) is 12.6 Å². The summed E-state index contributed by atoms with van der Waals surface area (Å²) < 4.78 is 5.61. The molecular weight excluding hydrogens is 316 g/mol. The Bertz CT molecular complexity index is 606. The number of hydrogen-bond donors (Lipinski definition) is 1. The number of carbonyl (C=O) groups excluding carboxylic acids is 2. The van der Waals surface area contributed by atoms with Crippen LogP contribution in [-0.4, -0.2) is 37.6 Å². The van der Waals surface area contributed by atoms with Gasteiger partial charge in [-0.25, -0.2) is 0 Å². The Morgan fingerprint density at radius 2 is 1.92 bits per heavy atom. The van der Waals surface area contributed by atoms with Crippen LogP contribution >= 0.6 is 0 Å². The van der Waals surface area contributed by atoms with E-state index >= 15 is 0 Å². The molecule has 1 aliphatic heterocycles. The van der Waals surface area contributed by atoms with Gasteiger partial charge < -0.3 is 15.0 Å². The number of benzene rings is 1. The van der Waals surface area contributed by atoms with Crippen LogP contribution < -0.4 is 10.2 Å². The molecule has 0 radical (unpaired) electrons. The predicted molar refractivity (Wildman–Crippen MR) is 97.6 cm³/mol. The van der Waals surface area contributed by atoms with Crippen molar-refractivity contribution in [2.24, 2.45) is 5.92 Å². The molecule has 0 aromatic heterocycles.